The summed E-state index contributed by atoms with van der Waals surface area (Å²) in [7, 11) is 1.67. The number of carbonyl (C=O) groups excluding carboxylic acids is 1. The highest BCUT2D eigenvalue weighted by atomic mass is 16.6. The molecular formula is C17H24O3. The van der Waals surface area contributed by atoms with Crippen molar-refractivity contribution >= 4 is 5.97 Å². The van der Waals surface area contributed by atoms with Crippen LogP contribution in [0.2, 0.25) is 0 Å². The molecule has 1 rings (SSSR count). The van der Waals surface area contributed by atoms with Gasteiger partial charge in [0.1, 0.15) is 11.4 Å². The molecule has 0 aliphatic rings. The van der Waals surface area contributed by atoms with Crippen LogP contribution in [0.15, 0.2) is 49.6 Å². The van der Waals surface area contributed by atoms with Crippen LogP contribution in [0.5, 0.6) is 5.75 Å². The molecule has 3 nitrogen and oxygen atoms in total. The molecule has 3 heteroatoms. The summed E-state index contributed by atoms with van der Waals surface area (Å²) in [5.41, 5.74) is 0.867. The molecule has 0 bridgehead atoms. The molecule has 0 spiro atoms. The summed E-state index contributed by atoms with van der Waals surface area (Å²) in [5.74, 6) is 0.528. The van der Waals surface area contributed by atoms with E-state index in [2.05, 4.69) is 13.2 Å². The molecule has 0 heterocycles. The molecule has 1 aromatic carbocycles. The van der Waals surface area contributed by atoms with E-state index in [1.807, 2.05) is 51.1 Å². The monoisotopic (exact) mass is 276 g/mol. The van der Waals surface area contributed by atoms with Gasteiger partial charge in [-0.15, -0.1) is 6.58 Å². The van der Waals surface area contributed by atoms with Crippen molar-refractivity contribution in [3.8, 4) is 5.75 Å². The van der Waals surface area contributed by atoms with Crippen molar-refractivity contribution in [1.82, 2.24) is 0 Å². The largest absolute Gasteiger partial charge is 0.497 e. The zero-order chi connectivity index (χ0) is 15.6. The molecule has 0 aliphatic heterocycles. The van der Waals surface area contributed by atoms with E-state index in [4.69, 9.17) is 9.47 Å². The van der Waals surface area contributed by atoms with E-state index < -0.39 is 5.60 Å². The summed E-state index contributed by atoms with van der Waals surface area (Å²) in [6, 6.07) is 8.00. The van der Waals surface area contributed by atoms with E-state index in [-0.39, 0.29) is 5.97 Å². The SMILES string of the molecule is C=CC(=O)OC(C)(C)C.C=CCc1ccc(OC)cc1. The van der Waals surface area contributed by atoms with Gasteiger partial charge in [-0.05, 0) is 44.9 Å². The lowest BCUT2D eigenvalue weighted by Gasteiger charge is -2.17. The van der Waals surface area contributed by atoms with Crippen LogP contribution in [-0.2, 0) is 16.0 Å². The molecule has 0 amide bonds. The Labute approximate surface area is 121 Å². The number of methoxy groups -OCH3 is 1. The lowest BCUT2D eigenvalue weighted by molar-refractivity contribution is -0.148. The Kier molecular flexibility index (Phi) is 8.06. The van der Waals surface area contributed by atoms with Crippen LogP contribution in [0.25, 0.3) is 0 Å². The van der Waals surface area contributed by atoms with Gasteiger partial charge in [-0.3, -0.25) is 0 Å². The van der Waals surface area contributed by atoms with Crippen LogP contribution < -0.4 is 4.74 Å². The summed E-state index contributed by atoms with van der Waals surface area (Å²) in [6.07, 6.45) is 3.97. The fourth-order valence-electron chi connectivity index (χ4n) is 1.27. The second-order valence-electron chi connectivity index (χ2n) is 5.08. The number of rotatable bonds is 4. The van der Waals surface area contributed by atoms with Crippen molar-refractivity contribution in [3.63, 3.8) is 0 Å². The van der Waals surface area contributed by atoms with E-state index in [1.54, 1.807) is 7.11 Å². The molecule has 0 unspecified atom stereocenters. The highest BCUT2D eigenvalue weighted by molar-refractivity contribution is 5.81. The van der Waals surface area contributed by atoms with Gasteiger partial charge in [-0.2, -0.15) is 0 Å². The minimum absolute atomic E-state index is 0.373. The molecule has 0 radical (unpaired) electrons. The van der Waals surface area contributed by atoms with Gasteiger partial charge in [0.2, 0.25) is 0 Å². The summed E-state index contributed by atoms with van der Waals surface area (Å²) < 4.78 is 9.85. The average molecular weight is 276 g/mol. The third-order valence-corrected chi connectivity index (χ3v) is 2.11. The zero-order valence-electron chi connectivity index (χ0n) is 12.8. The topological polar surface area (TPSA) is 35.5 Å². The van der Waals surface area contributed by atoms with Crippen molar-refractivity contribution in [1.29, 1.82) is 0 Å². The first kappa shape index (κ1) is 18.0. The molecular weight excluding hydrogens is 252 g/mol. The maximum Gasteiger partial charge on any atom is 0.330 e. The van der Waals surface area contributed by atoms with Crippen LogP contribution >= 0.6 is 0 Å². The fourth-order valence-corrected chi connectivity index (χ4v) is 1.27. The van der Waals surface area contributed by atoms with E-state index in [0.29, 0.717) is 0 Å². The van der Waals surface area contributed by atoms with E-state index >= 15 is 0 Å². The Morgan fingerprint density at radius 1 is 1.20 bits per heavy atom. The predicted molar refractivity (Wildman–Crippen MR) is 82.9 cm³/mol. The third-order valence-electron chi connectivity index (χ3n) is 2.11. The van der Waals surface area contributed by atoms with Crippen molar-refractivity contribution in [3.05, 3.63) is 55.1 Å². The second kappa shape index (κ2) is 8.97. The molecule has 0 aromatic heterocycles. The zero-order valence-corrected chi connectivity index (χ0v) is 12.8. The second-order valence-corrected chi connectivity index (χ2v) is 5.08. The number of esters is 1. The van der Waals surface area contributed by atoms with Crippen molar-refractivity contribution in [2.24, 2.45) is 0 Å². The lowest BCUT2D eigenvalue weighted by atomic mass is 10.1. The van der Waals surface area contributed by atoms with Gasteiger partial charge in [-0.25, -0.2) is 4.79 Å². The molecule has 0 aliphatic carbocycles. The summed E-state index contributed by atoms with van der Waals surface area (Å²) in [5, 5.41) is 0. The number of ether oxygens (including phenoxy) is 2. The number of hydrogen-bond donors (Lipinski definition) is 0. The van der Waals surface area contributed by atoms with Crippen LogP contribution in [0.1, 0.15) is 26.3 Å². The Hall–Kier alpha value is -2.03. The average Bonchev–Trinajstić information content (AvgIpc) is 2.39. The normalized spacial score (nSPS) is 9.80. The van der Waals surface area contributed by atoms with Crippen molar-refractivity contribution < 1.29 is 14.3 Å². The standard InChI is InChI=1S/C10H12O.C7H12O2/c1-3-4-9-5-7-10(11-2)8-6-9;1-5-6(8)9-7(2,3)4/h3,5-8H,1,4H2,2H3;5H,1H2,2-4H3. The maximum atomic E-state index is 10.5. The van der Waals surface area contributed by atoms with Crippen molar-refractivity contribution in [2.45, 2.75) is 32.8 Å². The minimum atomic E-state index is -0.398. The van der Waals surface area contributed by atoms with Gasteiger partial charge >= 0.3 is 5.97 Å². The Morgan fingerprint density at radius 3 is 2.05 bits per heavy atom. The molecule has 0 saturated carbocycles. The van der Waals surface area contributed by atoms with Gasteiger partial charge in [-0.1, -0.05) is 24.8 Å². The van der Waals surface area contributed by atoms with Crippen LogP contribution in [0.3, 0.4) is 0 Å². The first-order valence-electron chi connectivity index (χ1n) is 6.41. The minimum Gasteiger partial charge on any atom is -0.497 e. The first-order valence-corrected chi connectivity index (χ1v) is 6.41. The van der Waals surface area contributed by atoms with Gasteiger partial charge in [0, 0.05) is 6.08 Å². The van der Waals surface area contributed by atoms with Crippen LogP contribution in [0.4, 0.5) is 0 Å². The number of carbonyl (C=O) groups is 1. The number of benzene rings is 1. The molecule has 0 saturated heterocycles. The van der Waals surface area contributed by atoms with Gasteiger partial charge in [0.05, 0.1) is 7.11 Å². The maximum absolute atomic E-state index is 10.5. The van der Waals surface area contributed by atoms with E-state index in [1.165, 1.54) is 5.56 Å². The van der Waals surface area contributed by atoms with Crippen LogP contribution in [-0.4, -0.2) is 18.7 Å². The molecule has 110 valence electrons. The highest BCUT2D eigenvalue weighted by Gasteiger charge is 2.12. The third kappa shape index (κ3) is 8.97. The molecule has 0 atom stereocenters. The fraction of sp³-hybridized carbons (Fsp3) is 0.353. The number of hydrogen-bond acceptors (Lipinski definition) is 3. The van der Waals surface area contributed by atoms with Crippen LogP contribution in [0, 0.1) is 0 Å². The molecule has 0 fully saturated rings. The van der Waals surface area contributed by atoms with Crippen molar-refractivity contribution in [2.75, 3.05) is 7.11 Å². The highest BCUT2D eigenvalue weighted by Crippen LogP contribution is 2.11. The molecule has 0 N–H and O–H groups in total. The smallest absolute Gasteiger partial charge is 0.330 e. The van der Waals surface area contributed by atoms with Gasteiger partial charge in [0.15, 0.2) is 0 Å². The number of allylic oxidation sites excluding steroid dienone is 1. The predicted octanol–water partition coefficient (Wildman–Crippen LogP) is 3.94. The van der Waals surface area contributed by atoms with Gasteiger partial charge in [0.25, 0.3) is 0 Å². The lowest BCUT2D eigenvalue weighted by Crippen LogP contribution is -2.22. The summed E-state index contributed by atoms with van der Waals surface area (Å²) >= 11 is 0. The van der Waals surface area contributed by atoms with Gasteiger partial charge < -0.3 is 9.47 Å². The first-order chi connectivity index (χ1) is 9.32. The quantitative estimate of drug-likeness (QED) is 0.475. The Morgan fingerprint density at radius 2 is 1.75 bits per heavy atom. The molecule has 20 heavy (non-hydrogen) atoms. The summed E-state index contributed by atoms with van der Waals surface area (Å²) in [6.45, 7) is 12.4. The van der Waals surface area contributed by atoms with E-state index in [9.17, 15) is 4.79 Å². The van der Waals surface area contributed by atoms with E-state index in [0.717, 1.165) is 18.2 Å². The Balaban J connectivity index is 0.000000370. The summed E-state index contributed by atoms with van der Waals surface area (Å²) in [4.78, 5) is 10.5. The Bertz CT molecular complexity index is 425. The molecule has 1 aromatic rings.